The number of nitrogens with one attached hydrogen (secondary N) is 1. The minimum Gasteiger partial charge on any atom is -0.373 e. The summed E-state index contributed by atoms with van der Waals surface area (Å²) in [5.41, 5.74) is 0.615. The molecule has 1 fully saturated rings. The van der Waals surface area contributed by atoms with Gasteiger partial charge in [-0.25, -0.2) is 13.4 Å². The fraction of sp³-hybridized carbons (Fsp3) is 0.571. The fourth-order valence-corrected chi connectivity index (χ4v) is 2.94. The van der Waals surface area contributed by atoms with Crippen LogP contribution in [0, 0.1) is 0 Å². The maximum atomic E-state index is 12.4. The van der Waals surface area contributed by atoms with E-state index in [4.69, 9.17) is 0 Å². The van der Waals surface area contributed by atoms with E-state index < -0.39 is 9.84 Å². The van der Waals surface area contributed by atoms with Crippen molar-refractivity contribution in [2.24, 2.45) is 0 Å². The third kappa shape index (κ3) is 4.67. The fourth-order valence-electron chi connectivity index (χ4n) is 2.35. The van der Waals surface area contributed by atoms with Crippen LogP contribution in [0.4, 0.5) is 5.82 Å². The molecule has 7 nitrogen and oxygen atoms in total. The largest absolute Gasteiger partial charge is 0.373 e. The van der Waals surface area contributed by atoms with Gasteiger partial charge in [0.2, 0.25) is 0 Å². The lowest BCUT2D eigenvalue weighted by Crippen LogP contribution is -2.49. The molecule has 122 valence electrons. The normalized spacial score (nSPS) is 16.5. The van der Waals surface area contributed by atoms with Gasteiger partial charge in [-0.15, -0.1) is 0 Å². The van der Waals surface area contributed by atoms with Crippen molar-refractivity contribution in [2.75, 3.05) is 57.1 Å². The number of hydrogen-bond acceptors (Lipinski definition) is 6. The molecule has 2 heterocycles. The third-order valence-electron chi connectivity index (χ3n) is 3.70. The van der Waals surface area contributed by atoms with Crippen molar-refractivity contribution in [1.29, 1.82) is 0 Å². The highest BCUT2D eigenvalue weighted by Crippen LogP contribution is 2.11. The number of carbonyl (C=O) groups is 1. The van der Waals surface area contributed by atoms with Crippen molar-refractivity contribution in [3.05, 3.63) is 23.9 Å². The second kappa shape index (κ2) is 7.06. The quantitative estimate of drug-likeness (QED) is 0.815. The number of sulfone groups is 1. The number of carbonyl (C=O) groups excluding carboxylic acids is 1. The Hall–Kier alpha value is -1.67. The highest BCUT2D eigenvalue weighted by Gasteiger charge is 2.22. The Kier molecular flexibility index (Phi) is 5.36. The average Bonchev–Trinajstić information content (AvgIpc) is 2.52. The van der Waals surface area contributed by atoms with Crippen LogP contribution in [0.3, 0.4) is 0 Å². The number of hydrogen-bond donors (Lipinski definition) is 1. The third-order valence-corrected chi connectivity index (χ3v) is 4.62. The second-order valence-electron chi connectivity index (χ2n) is 5.44. The summed E-state index contributed by atoms with van der Waals surface area (Å²) < 4.78 is 22.4. The summed E-state index contributed by atoms with van der Waals surface area (Å²) in [6.45, 7) is 3.15. The molecule has 2 rings (SSSR count). The summed E-state index contributed by atoms with van der Waals surface area (Å²) in [7, 11) is -1.18. The van der Waals surface area contributed by atoms with Crippen molar-refractivity contribution in [2.45, 2.75) is 0 Å². The lowest BCUT2D eigenvalue weighted by Gasteiger charge is -2.34. The number of piperazine rings is 1. The Balaban J connectivity index is 1.89. The van der Waals surface area contributed by atoms with E-state index >= 15 is 0 Å². The molecule has 1 amide bonds. The zero-order valence-corrected chi connectivity index (χ0v) is 13.8. The number of anilines is 1. The Morgan fingerprint density at radius 3 is 2.59 bits per heavy atom. The molecule has 8 heteroatoms. The highest BCUT2D eigenvalue weighted by atomic mass is 32.2. The Bertz CT molecular complexity index is 625. The van der Waals surface area contributed by atoms with Crippen molar-refractivity contribution in [1.82, 2.24) is 14.8 Å². The highest BCUT2D eigenvalue weighted by molar-refractivity contribution is 7.90. The first-order valence-electron chi connectivity index (χ1n) is 7.22. The standard InChI is InChI=1S/C14H22N4O3S/c1-15-13-11-12(3-4-16-13)14(19)18-7-5-17(6-8-18)9-10-22(2,20)21/h3-4,11H,5-10H2,1-2H3,(H,15,16). The van der Waals surface area contributed by atoms with Crippen LogP contribution in [0.25, 0.3) is 0 Å². The van der Waals surface area contributed by atoms with Crippen LogP contribution >= 0.6 is 0 Å². The molecule has 0 aliphatic carbocycles. The van der Waals surface area contributed by atoms with Crippen molar-refractivity contribution >= 4 is 21.6 Å². The maximum Gasteiger partial charge on any atom is 0.254 e. The van der Waals surface area contributed by atoms with E-state index in [1.54, 1.807) is 30.3 Å². The zero-order valence-electron chi connectivity index (χ0n) is 12.9. The molecule has 0 radical (unpaired) electrons. The van der Waals surface area contributed by atoms with Crippen LogP contribution in [0.15, 0.2) is 18.3 Å². The van der Waals surface area contributed by atoms with Crippen LogP contribution in [0.2, 0.25) is 0 Å². The monoisotopic (exact) mass is 326 g/mol. The molecule has 0 unspecified atom stereocenters. The van der Waals surface area contributed by atoms with Crippen LogP contribution in [0.1, 0.15) is 10.4 Å². The molecule has 1 aliphatic rings. The molecule has 1 N–H and O–H groups in total. The smallest absolute Gasteiger partial charge is 0.254 e. The number of rotatable bonds is 5. The molecule has 1 aromatic heterocycles. The van der Waals surface area contributed by atoms with Crippen LogP contribution < -0.4 is 5.32 Å². The van der Waals surface area contributed by atoms with Crippen LogP contribution in [-0.2, 0) is 9.84 Å². The average molecular weight is 326 g/mol. The summed E-state index contributed by atoms with van der Waals surface area (Å²) in [5.74, 6) is 0.816. The zero-order chi connectivity index (χ0) is 16.2. The number of amides is 1. The van der Waals surface area contributed by atoms with Crippen molar-refractivity contribution in [3.63, 3.8) is 0 Å². The Morgan fingerprint density at radius 2 is 2.00 bits per heavy atom. The molecule has 0 spiro atoms. The maximum absolute atomic E-state index is 12.4. The summed E-state index contributed by atoms with van der Waals surface area (Å²) in [5, 5.41) is 2.92. The molecule has 0 saturated carbocycles. The van der Waals surface area contributed by atoms with Gasteiger partial charge in [0.05, 0.1) is 5.75 Å². The molecule has 22 heavy (non-hydrogen) atoms. The van der Waals surface area contributed by atoms with Gasteiger partial charge >= 0.3 is 0 Å². The molecule has 1 aromatic rings. The van der Waals surface area contributed by atoms with Gasteiger partial charge in [-0.2, -0.15) is 0 Å². The van der Waals surface area contributed by atoms with E-state index in [0.29, 0.717) is 44.1 Å². The first-order chi connectivity index (χ1) is 10.4. The van der Waals surface area contributed by atoms with E-state index in [-0.39, 0.29) is 11.7 Å². The predicted molar refractivity (Wildman–Crippen MR) is 85.8 cm³/mol. The summed E-state index contributed by atoms with van der Waals surface area (Å²) >= 11 is 0. The first kappa shape index (κ1) is 16.7. The van der Waals surface area contributed by atoms with Gasteiger partial charge < -0.3 is 10.2 Å². The first-order valence-corrected chi connectivity index (χ1v) is 9.28. The predicted octanol–water partition coefficient (Wildman–Crippen LogP) is -0.0743. The van der Waals surface area contributed by atoms with E-state index in [1.807, 2.05) is 0 Å². The van der Waals surface area contributed by atoms with E-state index in [9.17, 15) is 13.2 Å². The molecule has 1 saturated heterocycles. The van der Waals surface area contributed by atoms with Gasteiger partial charge in [0, 0.05) is 57.8 Å². The topological polar surface area (TPSA) is 82.6 Å². The molecular weight excluding hydrogens is 304 g/mol. The number of nitrogens with zero attached hydrogens (tertiary/aromatic N) is 3. The van der Waals surface area contributed by atoms with E-state index in [1.165, 1.54) is 6.26 Å². The number of aromatic nitrogens is 1. The molecule has 0 aromatic carbocycles. The van der Waals surface area contributed by atoms with Gasteiger partial charge in [0.1, 0.15) is 15.7 Å². The summed E-state index contributed by atoms with van der Waals surface area (Å²) in [6, 6.07) is 3.44. The SMILES string of the molecule is CNc1cc(C(=O)N2CCN(CCS(C)(=O)=O)CC2)ccn1. The minimum atomic E-state index is -2.94. The molecule has 0 bridgehead atoms. The van der Waals surface area contributed by atoms with Crippen LogP contribution in [-0.4, -0.2) is 80.9 Å². The summed E-state index contributed by atoms with van der Waals surface area (Å²) in [6.07, 6.45) is 2.86. The van der Waals surface area contributed by atoms with E-state index in [0.717, 1.165) is 0 Å². The lowest BCUT2D eigenvalue weighted by atomic mass is 10.2. The van der Waals surface area contributed by atoms with Gasteiger partial charge in [-0.1, -0.05) is 0 Å². The molecule has 1 aliphatic heterocycles. The minimum absolute atomic E-state index is 0.0123. The van der Waals surface area contributed by atoms with Crippen molar-refractivity contribution < 1.29 is 13.2 Å². The van der Waals surface area contributed by atoms with Crippen LogP contribution in [0.5, 0.6) is 0 Å². The van der Waals surface area contributed by atoms with Gasteiger partial charge in [-0.05, 0) is 12.1 Å². The molecule has 0 atom stereocenters. The molecular formula is C14H22N4O3S. The van der Waals surface area contributed by atoms with Gasteiger partial charge in [-0.3, -0.25) is 9.69 Å². The van der Waals surface area contributed by atoms with E-state index in [2.05, 4.69) is 15.2 Å². The summed E-state index contributed by atoms with van der Waals surface area (Å²) in [4.78, 5) is 20.4. The second-order valence-corrected chi connectivity index (χ2v) is 7.70. The Morgan fingerprint density at radius 1 is 1.32 bits per heavy atom. The van der Waals surface area contributed by atoms with Crippen molar-refractivity contribution in [3.8, 4) is 0 Å². The van der Waals surface area contributed by atoms with Gasteiger partial charge in [0.15, 0.2) is 0 Å². The number of pyridine rings is 1. The Labute approximate surface area is 131 Å². The van der Waals surface area contributed by atoms with Gasteiger partial charge in [0.25, 0.3) is 5.91 Å². The lowest BCUT2D eigenvalue weighted by molar-refractivity contribution is 0.0644.